The quantitative estimate of drug-likeness (QED) is 0.181. The minimum Gasteiger partial charge on any atom is -0.319 e. The van der Waals surface area contributed by atoms with Gasteiger partial charge in [-0.05, 0) is 60.7 Å². The minimum atomic E-state index is 0.480. The maximum atomic E-state index is 10.8. The Hall–Kier alpha value is -7.08. The van der Waals surface area contributed by atoms with Gasteiger partial charge < -0.3 is 13.7 Å². The average molecular weight is 624 g/mol. The number of aromatic nitrogens is 3. The van der Waals surface area contributed by atoms with E-state index < -0.39 is 0 Å². The van der Waals surface area contributed by atoms with E-state index in [0.29, 0.717) is 22.6 Å². The second kappa shape index (κ2) is 10.2. The molecule has 5 heteroatoms. The Labute approximate surface area is 281 Å². The molecule has 10 rings (SSSR count). The normalized spacial score (nSPS) is 11.6. The molecule has 0 N–H and O–H groups in total. The van der Waals surface area contributed by atoms with Crippen LogP contribution in [0.2, 0.25) is 0 Å². The molecule has 10 aromatic rings. The molecule has 49 heavy (non-hydrogen) atoms. The molecule has 7 aromatic carbocycles. The molecule has 0 bridgehead atoms. The number of hydrogen-bond donors (Lipinski definition) is 0. The maximum Gasteiger partial charge on any atom is 0.212 e. The number of hydrogen-bond acceptors (Lipinski definition) is 1. The molecule has 0 aliphatic rings. The molecule has 0 amide bonds. The second-order valence-electron chi connectivity index (χ2n) is 12.3. The first kappa shape index (κ1) is 27.1. The highest BCUT2D eigenvalue weighted by atomic mass is 15.0. The SMILES string of the molecule is [C-]#[N+]c1cc(-n2c3ccccc3c3c4c5ccccc5n(-c5ccccc5)c4ccc32)c(C#N)cc1-n1c2ccccc2c2ccccc21. The number of rotatable bonds is 3. The van der Waals surface area contributed by atoms with Crippen LogP contribution in [0.4, 0.5) is 5.69 Å². The summed E-state index contributed by atoms with van der Waals surface area (Å²) in [6.45, 7) is 8.38. The number of fused-ring (bicyclic) bond motifs is 10. The molecule has 3 aromatic heterocycles. The van der Waals surface area contributed by atoms with Crippen molar-refractivity contribution >= 4 is 71.1 Å². The first-order chi connectivity index (χ1) is 24.3. The lowest BCUT2D eigenvalue weighted by Gasteiger charge is -2.16. The van der Waals surface area contributed by atoms with Gasteiger partial charge in [0.15, 0.2) is 0 Å². The molecule has 3 heterocycles. The zero-order valence-electron chi connectivity index (χ0n) is 26.2. The highest BCUT2D eigenvalue weighted by Crippen LogP contribution is 2.44. The monoisotopic (exact) mass is 623 g/mol. The molecule has 0 saturated heterocycles. The van der Waals surface area contributed by atoms with E-state index in [2.05, 4.69) is 128 Å². The number of nitriles is 1. The summed E-state index contributed by atoms with van der Waals surface area (Å²) >= 11 is 0. The van der Waals surface area contributed by atoms with Crippen molar-refractivity contribution in [2.45, 2.75) is 0 Å². The zero-order valence-corrected chi connectivity index (χ0v) is 26.2. The summed E-state index contributed by atoms with van der Waals surface area (Å²) in [5.74, 6) is 0. The summed E-state index contributed by atoms with van der Waals surface area (Å²) in [7, 11) is 0. The Morgan fingerprint density at radius 1 is 0.449 bits per heavy atom. The third-order valence-corrected chi connectivity index (χ3v) is 9.88. The van der Waals surface area contributed by atoms with Crippen LogP contribution in [0, 0.1) is 17.9 Å². The molecule has 0 aliphatic heterocycles. The zero-order chi connectivity index (χ0) is 32.6. The third kappa shape index (κ3) is 3.67. The van der Waals surface area contributed by atoms with E-state index in [1.165, 1.54) is 5.39 Å². The van der Waals surface area contributed by atoms with E-state index in [0.717, 1.165) is 65.7 Å². The van der Waals surface area contributed by atoms with Crippen molar-refractivity contribution in [1.29, 1.82) is 5.26 Å². The van der Waals surface area contributed by atoms with E-state index in [-0.39, 0.29) is 0 Å². The summed E-state index contributed by atoms with van der Waals surface area (Å²) in [6.07, 6.45) is 0. The van der Waals surface area contributed by atoms with Gasteiger partial charge in [0.1, 0.15) is 6.07 Å². The summed E-state index contributed by atoms with van der Waals surface area (Å²) in [5, 5.41) is 17.5. The molecule has 0 unspecified atom stereocenters. The molecule has 0 spiro atoms. The van der Waals surface area contributed by atoms with Crippen LogP contribution >= 0.6 is 0 Å². The molecule has 0 saturated carbocycles. The van der Waals surface area contributed by atoms with Crippen LogP contribution in [0.15, 0.2) is 152 Å². The van der Waals surface area contributed by atoms with Gasteiger partial charge in [0, 0.05) is 38.0 Å². The molecular formula is C44H25N5. The fraction of sp³-hybridized carbons (Fsp3) is 0. The molecular weight excluding hydrogens is 599 g/mol. The largest absolute Gasteiger partial charge is 0.319 e. The standard InChI is InChI=1S/C44H25N5/c1-46-34-26-41(28(27-45)25-42(34)48-35-19-9-5-15-30(35)31-16-6-10-20-36(31)48)49-38-22-12-8-18-33(38)44-40(49)24-23-39-43(44)32-17-7-11-21-37(32)47(39)29-13-3-2-4-14-29/h2-26H. The Morgan fingerprint density at radius 3 is 1.45 bits per heavy atom. The van der Waals surface area contributed by atoms with Gasteiger partial charge in [-0.1, -0.05) is 91.0 Å². The van der Waals surface area contributed by atoms with Crippen molar-refractivity contribution in [3.63, 3.8) is 0 Å². The molecule has 226 valence electrons. The van der Waals surface area contributed by atoms with Crippen LogP contribution in [-0.2, 0) is 0 Å². The summed E-state index contributed by atoms with van der Waals surface area (Å²) in [6, 6.07) is 54.5. The fourth-order valence-electron chi connectivity index (χ4n) is 7.92. The van der Waals surface area contributed by atoms with Crippen LogP contribution in [-0.4, -0.2) is 13.7 Å². The van der Waals surface area contributed by atoms with Gasteiger partial charge in [0.05, 0.1) is 56.6 Å². The molecule has 0 atom stereocenters. The van der Waals surface area contributed by atoms with Crippen molar-refractivity contribution in [3.05, 3.63) is 169 Å². The highest BCUT2D eigenvalue weighted by Gasteiger charge is 2.23. The van der Waals surface area contributed by atoms with Gasteiger partial charge >= 0.3 is 0 Å². The lowest BCUT2D eigenvalue weighted by atomic mass is 10.1. The first-order valence-electron chi connectivity index (χ1n) is 16.2. The summed E-state index contributed by atoms with van der Waals surface area (Å²) in [4.78, 5) is 4.08. The van der Waals surface area contributed by atoms with E-state index in [4.69, 9.17) is 6.57 Å². The molecule has 0 radical (unpaired) electrons. The third-order valence-electron chi connectivity index (χ3n) is 9.88. The van der Waals surface area contributed by atoms with Crippen LogP contribution in [0.5, 0.6) is 0 Å². The molecule has 0 aliphatic carbocycles. The lowest BCUT2D eigenvalue weighted by Crippen LogP contribution is -2.01. The minimum absolute atomic E-state index is 0.480. The summed E-state index contributed by atoms with van der Waals surface area (Å²) in [5.41, 5.74) is 9.69. The number of para-hydroxylation sites is 5. The molecule has 0 fully saturated rings. The predicted molar refractivity (Wildman–Crippen MR) is 200 cm³/mol. The van der Waals surface area contributed by atoms with Crippen molar-refractivity contribution in [2.24, 2.45) is 0 Å². The van der Waals surface area contributed by atoms with Crippen molar-refractivity contribution in [3.8, 4) is 23.1 Å². The van der Waals surface area contributed by atoms with Gasteiger partial charge in [0.25, 0.3) is 0 Å². The topological polar surface area (TPSA) is 42.9 Å². The Bertz CT molecular complexity index is 3020. The van der Waals surface area contributed by atoms with Gasteiger partial charge in [-0.15, -0.1) is 0 Å². The van der Waals surface area contributed by atoms with Crippen molar-refractivity contribution in [2.75, 3.05) is 0 Å². The van der Waals surface area contributed by atoms with Gasteiger partial charge in [-0.2, -0.15) is 5.26 Å². The van der Waals surface area contributed by atoms with E-state index in [1.54, 1.807) is 0 Å². The van der Waals surface area contributed by atoms with Gasteiger partial charge in [0.2, 0.25) is 5.69 Å². The smallest absolute Gasteiger partial charge is 0.212 e. The predicted octanol–water partition coefficient (Wildman–Crippen LogP) is 11.4. The Balaban J connectivity index is 1.32. The first-order valence-corrected chi connectivity index (χ1v) is 16.2. The highest BCUT2D eigenvalue weighted by molar-refractivity contribution is 6.29. The second-order valence-corrected chi connectivity index (χ2v) is 12.3. The van der Waals surface area contributed by atoms with Crippen LogP contribution in [0.25, 0.3) is 87.3 Å². The summed E-state index contributed by atoms with van der Waals surface area (Å²) < 4.78 is 6.62. The number of benzene rings is 7. The Morgan fingerprint density at radius 2 is 0.898 bits per heavy atom. The van der Waals surface area contributed by atoms with Crippen molar-refractivity contribution < 1.29 is 0 Å². The molecule has 5 nitrogen and oxygen atoms in total. The van der Waals surface area contributed by atoms with Crippen molar-refractivity contribution in [1.82, 2.24) is 13.7 Å². The van der Waals surface area contributed by atoms with Gasteiger partial charge in [-0.25, -0.2) is 4.85 Å². The maximum absolute atomic E-state index is 10.8. The Kier molecular flexibility index (Phi) is 5.64. The van der Waals surface area contributed by atoms with E-state index in [1.807, 2.05) is 48.5 Å². The van der Waals surface area contributed by atoms with E-state index in [9.17, 15) is 5.26 Å². The van der Waals surface area contributed by atoms with Crippen LogP contribution < -0.4 is 0 Å². The van der Waals surface area contributed by atoms with E-state index >= 15 is 0 Å². The van der Waals surface area contributed by atoms with Crippen LogP contribution in [0.3, 0.4) is 0 Å². The van der Waals surface area contributed by atoms with Crippen LogP contribution in [0.1, 0.15) is 5.56 Å². The average Bonchev–Trinajstić information content (AvgIpc) is 3.80. The number of nitrogens with zero attached hydrogens (tertiary/aromatic N) is 5. The van der Waals surface area contributed by atoms with Gasteiger partial charge in [-0.3, -0.25) is 0 Å². The fourth-order valence-corrected chi connectivity index (χ4v) is 7.92. The lowest BCUT2D eigenvalue weighted by molar-refractivity contribution is 1.14.